The minimum atomic E-state index is -0.440. The van der Waals surface area contributed by atoms with Crippen molar-refractivity contribution in [1.29, 1.82) is 0 Å². The Hall–Kier alpha value is -1.44. The van der Waals surface area contributed by atoms with Gasteiger partial charge in [-0.25, -0.2) is 0 Å². The van der Waals surface area contributed by atoms with Crippen LogP contribution < -0.4 is 0 Å². The van der Waals surface area contributed by atoms with Gasteiger partial charge in [-0.2, -0.15) is 0 Å². The summed E-state index contributed by atoms with van der Waals surface area (Å²) in [4.78, 5) is 21.8. The molecule has 1 aliphatic rings. The molecule has 0 saturated carbocycles. The number of Topliss-reactive ketones (excluding diaryl/α,β-unsaturated/α-hetero) is 1. The van der Waals surface area contributed by atoms with Crippen LogP contribution in [0.4, 0.5) is 0 Å². The molecule has 0 aliphatic heterocycles. The molecule has 0 heterocycles. The van der Waals surface area contributed by atoms with E-state index in [1.54, 1.807) is 18.2 Å². The summed E-state index contributed by atoms with van der Waals surface area (Å²) >= 11 is 0. The Morgan fingerprint density at radius 2 is 2.18 bits per heavy atom. The predicted molar refractivity (Wildman–Crippen MR) is 42.1 cm³/mol. The molecule has 0 atom stereocenters. The molecule has 1 rings (SSSR count). The van der Waals surface area contributed by atoms with Crippen LogP contribution in [0.2, 0.25) is 0 Å². The van der Waals surface area contributed by atoms with Crippen LogP contribution in [0.25, 0.3) is 0 Å². The van der Waals surface area contributed by atoms with Crippen molar-refractivity contribution in [2.75, 3.05) is 0 Å². The zero-order valence-corrected chi connectivity index (χ0v) is 6.04. The van der Waals surface area contributed by atoms with Crippen molar-refractivity contribution in [2.45, 2.75) is 6.42 Å². The molecule has 2 heteroatoms. The summed E-state index contributed by atoms with van der Waals surface area (Å²) in [6.45, 7) is 3.49. The van der Waals surface area contributed by atoms with Crippen LogP contribution in [0.5, 0.6) is 0 Å². The van der Waals surface area contributed by atoms with E-state index >= 15 is 0 Å². The second kappa shape index (κ2) is 3.10. The van der Waals surface area contributed by atoms with Gasteiger partial charge in [0.15, 0.2) is 0 Å². The van der Waals surface area contributed by atoms with E-state index in [1.165, 1.54) is 6.08 Å². The molecule has 0 radical (unpaired) electrons. The molecule has 0 bridgehead atoms. The van der Waals surface area contributed by atoms with E-state index < -0.39 is 11.6 Å². The predicted octanol–water partition coefficient (Wildman–Crippen LogP) is 1.20. The number of carbonyl (C=O) groups is 2. The smallest absolute Gasteiger partial charge is 0.229 e. The first kappa shape index (κ1) is 7.66. The Labute approximate surface area is 64.9 Å². The lowest BCUT2D eigenvalue weighted by molar-refractivity contribution is -0.131. The van der Waals surface area contributed by atoms with Crippen molar-refractivity contribution >= 4 is 11.6 Å². The highest BCUT2D eigenvalue weighted by molar-refractivity contribution is 6.48. The van der Waals surface area contributed by atoms with Crippen molar-refractivity contribution < 1.29 is 9.59 Å². The van der Waals surface area contributed by atoms with Crippen molar-refractivity contribution in [3.8, 4) is 0 Å². The summed E-state index contributed by atoms with van der Waals surface area (Å²) in [6, 6.07) is 0. The quantitative estimate of drug-likeness (QED) is 0.335. The van der Waals surface area contributed by atoms with Crippen LogP contribution in [-0.2, 0) is 9.59 Å². The highest BCUT2D eigenvalue weighted by Gasteiger charge is 2.16. The van der Waals surface area contributed by atoms with Crippen molar-refractivity contribution in [1.82, 2.24) is 0 Å². The lowest BCUT2D eigenvalue weighted by Crippen LogP contribution is -2.15. The van der Waals surface area contributed by atoms with Gasteiger partial charge in [-0.15, -0.1) is 6.58 Å². The SMILES string of the molecule is C=CCC1=CC=CC(=O)C1=O. The fourth-order valence-corrected chi connectivity index (χ4v) is 0.878. The fraction of sp³-hybridized carbons (Fsp3) is 0.111. The first-order chi connectivity index (χ1) is 5.25. The number of ketones is 2. The number of allylic oxidation sites excluding steroid dienone is 5. The number of carbonyl (C=O) groups excluding carboxylic acids is 2. The molecule has 0 spiro atoms. The number of hydrogen-bond acceptors (Lipinski definition) is 2. The van der Waals surface area contributed by atoms with Gasteiger partial charge in [0.25, 0.3) is 0 Å². The molecule has 0 aromatic carbocycles. The van der Waals surface area contributed by atoms with E-state index in [4.69, 9.17) is 0 Å². The Morgan fingerprint density at radius 1 is 1.45 bits per heavy atom. The van der Waals surface area contributed by atoms with Crippen LogP contribution in [0, 0.1) is 0 Å². The number of hydrogen-bond donors (Lipinski definition) is 0. The second-order valence-electron chi connectivity index (χ2n) is 2.24. The normalized spacial score (nSPS) is 16.5. The molecular formula is C9H8O2. The average Bonchev–Trinajstić information content (AvgIpc) is 1.99. The third-order valence-electron chi connectivity index (χ3n) is 1.42. The van der Waals surface area contributed by atoms with Crippen molar-refractivity contribution in [3.05, 3.63) is 36.5 Å². The summed E-state index contributed by atoms with van der Waals surface area (Å²) in [5.74, 6) is -0.850. The second-order valence-corrected chi connectivity index (χ2v) is 2.24. The number of rotatable bonds is 2. The van der Waals surface area contributed by atoms with Gasteiger partial charge in [0.1, 0.15) is 0 Å². The van der Waals surface area contributed by atoms with Crippen molar-refractivity contribution in [2.24, 2.45) is 0 Å². The average molecular weight is 148 g/mol. The van der Waals surface area contributed by atoms with Gasteiger partial charge in [-0.05, 0) is 12.5 Å². The third kappa shape index (κ3) is 1.52. The molecule has 0 saturated heterocycles. The Morgan fingerprint density at radius 3 is 2.82 bits per heavy atom. The molecule has 0 fully saturated rings. The maximum Gasteiger partial charge on any atom is 0.229 e. The monoisotopic (exact) mass is 148 g/mol. The van der Waals surface area contributed by atoms with Crippen LogP contribution in [0.3, 0.4) is 0 Å². The van der Waals surface area contributed by atoms with E-state index in [9.17, 15) is 9.59 Å². The molecule has 0 aromatic rings. The highest BCUT2D eigenvalue weighted by Crippen LogP contribution is 2.09. The summed E-state index contributed by atoms with van der Waals surface area (Å²) in [5.41, 5.74) is 0.521. The topological polar surface area (TPSA) is 34.1 Å². The van der Waals surface area contributed by atoms with Crippen LogP contribution in [-0.4, -0.2) is 11.6 Å². The largest absolute Gasteiger partial charge is 0.286 e. The fourth-order valence-electron chi connectivity index (χ4n) is 0.878. The first-order valence-electron chi connectivity index (χ1n) is 3.32. The maximum absolute atomic E-state index is 11.0. The minimum Gasteiger partial charge on any atom is -0.286 e. The Bertz CT molecular complexity index is 269. The molecule has 56 valence electrons. The van der Waals surface area contributed by atoms with E-state index in [-0.39, 0.29) is 0 Å². The van der Waals surface area contributed by atoms with Crippen LogP contribution in [0.1, 0.15) is 6.42 Å². The van der Waals surface area contributed by atoms with Gasteiger partial charge in [-0.1, -0.05) is 18.2 Å². The highest BCUT2D eigenvalue weighted by atomic mass is 16.2. The lowest BCUT2D eigenvalue weighted by atomic mass is 10.00. The van der Waals surface area contributed by atoms with Crippen molar-refractivity contribution in [3.63, 3.8) is 0 Å². The minimum absolute atomic E-state index is 0.410. The standard InChI is InChI=1S/C9H8O2/c1-2-4-7-5-3-6-8(10)9(7)11/h2-3,5-6H,1,4H2. The van der Waals surface area contributed by atoms with Gasteiger partial charge < -0.3 is 0 Å². The summed E-state index contributed by atoms with van der Waals surface area (Å²) in [6.07, 6.45) is 6.58. The van der Waals surface area contributed by atoms with Gasteiger partial charge in [0, 0.05) is 5.57 Å². The van der Waals surface area contributed by atoms with E-state index in [2.05, 4.69) is 6.58 Å². The van der Waals surface area contributed by atoms with E-state index in [1.807, 2.05) is 0 Å². The summed E-state index contributed by atoms with van der Waals surface area (Å²) < 4.78 is 0. The first-order valence-corrected chi connectivity index (χ1v) is 3.32. The zero-order valence-electron chi connectivity index (χ0n) is 6.04. The molecule has 0 unspecified atom stereocenters. The van der Waals surface area contributed by atoms with Crippen LogP contribution in [0.15, 0.2) is 36.5 Å². The molecule has 0 N–H and O–H groups in total. The van der Waals surface area contributed by atoms with Gasteiger partial charge in [0.05, 0.1) is 0 Å². The van der Waals surface area contributed by atoms with Crippen LogP contribution >= 0.6 is 0 Å². The van der Waals surface area contributed by atoms with Gasteiger partial charge >= 0.3 is 0 Å². The summed E-state index contributed by atoms with van der Waals surface area (Å²) in [7, 11) is 0. The molecule has 0 aromatic heterocycles. The Balaban J connectivity index is 2.86. The molecule has 0 amide bonds. The van der Waals surface area contributed by atoms with Gasteiger partial charge in [0.2, 0.25) is 11.6 Å². The molecule has 1 aliphatic carbocycles. The zero-order chi connectivity index (χ0) is 8.27. The lowest BCUT2D eigenvalue weighted by Gasteiger charge is -2.02. The van der Waals surface area contributed by atoms with E-state index in [0.717, 1.165) is 0 Å². The third-order valence-corrected chi connectivity index (χ3v) is 1.42. The molecular weight excluding hydrogens is 140 g/mol. The molecule has 11 heavy (non-hydrogen) atoms. The van der Waals surface area contributed by atoms with Gasteiger partial charge in [-0.3, -0.25) is 9.59 Å². The summed E-state index contributed by atoms with van der Waals surface area (Å²) in [5, 5.41) is 0. The molecule has 2 nitrogen and oxygen atoms in total. The Kier molecular flexibility index (Phi) is 2.16. The maximum atomic E-state index is 11.0. The van der Waals surface area contributed by atoms with E-state index in [0.29, 0.717) is 12.0 Å².